The lowest BCUT2D eigenvalue weighted by atomic mass is 9.88. The molecule has 3 aliphatic heterocycles. The van der Waals surface area contributed by atoms with E-state index in [0.29, 0.717) is 19.3 Å². The molecule has 3 fully saturated rings. The second-order valence-electron chi connectivity index (χ2n) is 30.0. The van der Waals surface area contributed by atoms with Crippen LogP contribution in [0.5, 0.6) is 0 Å². The van der Waals surface area contributed by atoms with E-state index in [4.69, 9.17) is 28.4 Å². The maximum absolute atomic E-state index is 13.6. The van der Waals surface area contributed by atoms with Crippen molar-refractivity contribution in [2.24, 2.45) is 0 Å². The van der Waals surface area contributed by atoms with Crippen molar-refractivity contribution in [3.05, 3.63) is 0 Å². The van der Waals surface area contributed by atoms with Crippen molar-refractivity contribution >= 4 is 17.8 Å². The van der Waals surface area contributed by atoms with Gasteiger partial charge in [0.25, 0.3) is 5.79 Å². The van der Waals surface area contributed by atoms with Gasteiger partial charge in [0.05, 0.1) is 50.7 Å². The number of carboxylic acid groups (broad SMARTS) is 1. The highest BCUT2D eigenvalue weighted by Gasteiger charge is 2.60. The topological polar surface area (TPSA) is 373 Å². The van der Waals surface area contributed by atoms with Crippen LogP contribution in [0, 0.1) is 0 Å². The smallest absolute Gasteiger partial charge is 0.364 e. The number of rotatable bonds is 65. The summed E-state index contributed by atoms with van der Waals surface area (Å²) in [6, 6.07) is -2.53. The number of nitrogens with one attached hydrogen (secondary N) is 2. The van der Waals surface area contributed by atoms with Crippen molar-refractivity contribution in [3.63, 3.8) is 0 Å². The molecule has 3 saturated heterocycles. The van der Waals surface area contributed by atoms with Crippen molar-refractivity contribution in [3.8, 4) is 0 Å². The second kappa shape index (κ2) is 57.8. The zero-order chi connectivity index (χ0) is 73.9. The Hall–Kier alpha value is -2.27. The molecule has 0 aromatic rings. The molecular weight excluding hydrogens is 1300 g/mol. The molecule has 18 unspecified atom stereocenters. The molecular formula is C78H148N2O21. The van der Waals surface area contributed by atoms with Gasteiger partial charge in [-0.1, -0.05) is 309 Å². The average molecular weight is 1450 g/mol. The third-order valence-electron chi connectivity index (χ3n) is 21.1. The maximum atomic E-state index is 13.6. The lowest BCUT2D eigenvalue weighted by Gasteiger charge is -2.50. The van der Waals surface area contributed by atoms with E-state index in [1.807, 2.05) is 0 Å². The van der Waals surface area contributed by atoms with Gasteiger partial charge in [0.15, 0.2) is 12.6 Å². The fraction of sp³-hybridized carbons (Fsp3) is 0.962. The van der Waals surface area contributed by atoms with Crippen LogP contribution in [0.4, 0.5) is 0 Å². The van der Waals surface area contributed by atoms with Crippen LogP contribution in [0.3, 0.4) is 0 Å². The summed E-state index contributed by atoms with van der Waals surface area (Å²) in [6.45, 7) is 2.27. The largest absolute Gasteiger partial charge is 0.477 e. The fourth-order valence-electron chi connectivity index (χ4n) is 14.6. The molecule has 0 saturated carbocycles. The van der Waals surface area contributed by atoms with Gasteiger partial charge < -0.3 is 100 Å². The Bertz CT molecular complexity index is 2020. The van der Waals surface area contributed by atoms with Crippen LogP contribution >= 0.6 is 0 Å². The molecule has 0 radical (unpaired) electrons. The SMILES string of the molecule is CCCCCCCCCCCCCCCCCCCCCCCCCCCCCCC(=O)NC(COC1OC(CO)C(OC2OC(CO)C(O)C(OC3(C(=O)O)CC(O)C(NC(C)=O)C(C(O)C(O)CO)O3)C2O)C(O)C1O)C(O)CCCCCCCCCCCCCCCCCCCCC. The van der Waals surface area contributed by atoms with E-state index < -0.39 is 148 Å². The predicted molar refractivity (Wildman–Crippen MR) is 389 cm³/mol. The van der Waals surface area contributed by atoms with Crippen molar-refractivity contribution in [2.45, 2.75) is 452 Å². The van der Waals surface area contributed by atoms with E-state index in [0.717, 1.165) is 51.9 Å². The Morgan fingerprint density at radius 2 is 0.861 bits per heavy atom. The molecule has 23 heteroatoms. The molecule has 101 heavy (non-hydrogen) atoms. The number of carbonyl (C=O) groups is 3. The third-order valence-corrected chi connectivity index (χ3v) is 21.1. The number of aliphatic carboxylic acids is 1. The summed E-state index contributed by atoms with van der Waals surface area (Å²) >= 11 is 0. The monoisotopic (exact) mass is 1450 g/mol. The Balaban J connectivity index is 1.49. The number of aliphatic hydroxyl groups is 11. The molecule has 18 atom stereocenters. The summed E-state index contributed by atoms with van der Waals surface area (Å²) in [5.74, 6) is -6.09. The van der Waals surface area contributed by atoms with E-state index in [1.165, 1.54) is 244 Å². The quantitative estimate of drug-likeness (QED) is 0.0252. The van der Waals surface area contributed by atoms with Crippen LogP contribution in [-0.4, -0.2) is 215 Å². The molecule has 0 bridgehead atoms. The van der Waals surface area contributed by atoms with Gasteiger partial charge in [-0.3, -0.25) is 9.59 Å². The highest BCUT2D eigenvalue weighted by molar-refractivity contribution is 5.77. The van der Waals surface area contributed by atoms with Crippen LogP contribution in [0.2, 0.25) is 0 Å². The lowest BCUT2D eigenvalue weighted by Crippen LogP contribution is -2.70. The first-order chi connectivity index (χ1) is 48.9. The van der Waals surface area contributed by atoms with Crippen LogP contribution in [0.1, 0.15) is 342 Å². The summed E-state index contributed by atoms with van der Waals surface area (Å²) in [5, 5.41) is 137. The third kappa shape index (κ3) is 38.4. The number of hydrogen-bond donors (Lipinski definition) is 14. The van der Waals surface area contributed by atoms with E-state index in [-0.39, 0.29) is 18.9 Å². The minimum atomic E-state index is -3.08. The summed E-state index contributed by atoms with van der Waals surface area (Å²) in [7, 11) is 0. The molecule has 3 aliphatic rings. The second-order valence-corrected chi connectivity index (χ2v) is 30.0. The molecule has 0 aromatic heterocycles. The summed E-state index contributed by atoms with van der Waals surface area (Å²) in [6.07, 6.45) is 31.0. The lowest BCUT2D eigenvalue weighted by molar-refractivity contribution is -0.386. The molecule has 14 N–H and O–H groups in total. The van der Waals surface area contributed by atoms with Crippen molar-refractivity contribution in [2.75, 3.05) is 26.4 Å². The minimum absolute atomic E-state index is 0.230. The Morgan fingerprint density at radius 3 is 1.24 bits per heavy atom. The van der Waals surface area contributed by atoms with Gasteiger partial charge in [-0.15, -0.1) is 0 Å². The molecule has 3 heterocycles. The average Bonchev–Trinajstić information content (AvgIpc) is 0.756. The van der Waals surface area contributed by atoms with Crippen LogP contribution in [-0.2, 0) is 42.8 Å². The number of hydrogen-bond acceptors (Lipinski definition) is 20. The zero-order valence-corrected chi connectivity index (χ0v) is 63.0. The number of unbranched alkanes of at least 4 members (excludes halogenated alkanes) is 45. The Labute approximate surface area is 608 Å². The molecule has 3 rings (SSSR count). The molecule has 596 valence electrons. The van der Waals surface area contributed by atoms with Crippen molar-refractivity contribution in [1.29, 1.82) is 0 Å². The Kier molecular flexibility index (Phi) is 53.2. The van der Waals surface area contributed by atoms with E-state index in [1.54, 1.807) is 0 Å². The molecule has 0 aliphatic carbocycles. The van der Waals surface area contributed by atoms with E-state index in [9.17, 15) is 75.7 Å². The van der Waals surface area contributed by atoms with Crippen molar-refractivity contribution < 1.29 is 104 Å². The van der Waals surface area contributed by atoms with E-state index in [2.05, 4.69) is 24.5 Å². The van der Waals surface area contributed by atoms with Crippen LogP contribution < -0.4 is 10.6 Å². The van der Waals surface area contributed by atoms with E-state index >= 15 is 0 Å². The zero-order valence-electron chi connectivity index (χ0n) is 63.0. The first-order valence-electron chi connectivity index (χ1n) is 40.9. The summed E-state index contributed by atoms with van der Waals surface area (Å²) in [4.78, 5) is 38.7. The van der Waals surface area contributed by atoms with Gasteiger partial charge in [0.2, 0.25) is 11.8 Å². The first-order valence-corrected chi connectivity index (χ1v) is 40.9. The number of amides is 2. The number of aliphatic hydroxyl groups excluding tert-OH is 11. The normalized spacial score (nSPS) is 26.7. The fourth-order valence-corrected chi connectivity index (χ4v) is 14.6. The van der Waals surface area contributed by atoms with Gasteiger partial charge in [-0.25, -0.2) is 4.79 Å². The first kappa shape index (κ1) is 92.9. The minimum Gasteiger partial charge on any atom is -0.477 e. The molecule has 2 amide bonds. The summed E-state index contributed by atoms with van der Waals surface area (Å²) < 4.78 is 35.0. The number of carbonyl (C=O) groups excluding carboxylic acids is 2. The molecule has 0 aromatic carbocycles. The molecule has 23 nitrogen and oxygen atoms in total. The standard InChI is InChI=1S/C78H148N2O21/c1-4-6-8-10-12-14-16-18-20-22-24-25-26-27-28-29-30-31-32-34-36-38-40-42-44-46-48-50-52-65(88)80-59(60(85)51-49-47-45-43-41-39-37-35-33-23-21-19-17-15-13-11-9-7-5-2)57-96-75-70(92)69(91)72(64(56-83)98-75)99-76-71(93)74(68(90)63(55-82)97-76)101-78(77(94)95)53-61(86)66(79-58(3)84)73(100-78)67(89)62(87)54-81/h59-64,66-76,81-83,85-87,89-93H,4-57H2,1-3H3,(H,79,84)(H,80,88)(H,94,95). The highest BCUT2D eigenvalue weighted by Crippen LogP contribution is 2.39. The van der Waals surface area contributed by atoms with Gasteiger partial charge in [0, 0.05) is 19.8 Å². The predicted octanol–water partition coefficient (Wildman–Crippen LogP) is 10.8. The van der Waals surface area contributed by atoms with Crippen LogP contribution in [0.25, 0.3) is 0 Å². The van der Waals surface area contributed by atoms with Crippen LogP contribution in [0.15, 0.2) is 0 Å². The Morgan fingerprint density at radius 1 is 0.475 bits per heavy atom. The highest BCUT2D eigenvalue weighted by atomic mass is 16.8. The summed E-state index contributed by atoms with van der Waals surface area (Å²) in [5.41, 5.74) is 0. The van der Waals surface area contributed by atoms with Crippen molar-refractivity contribution in [1.82, 2.24) is 10.6 Å². The van der Waals surface area contributed by atoms with Gasteiger partial charge in [0.1, 0.15) is 67.1 Å². The van der Waals surface area contributed by atoms with Gasteiger partial charge >= 0.3 is 5.97 Å². The molecule has 0 spiro atoms. The number of carboxylic acids is 1. The van der Waals surface area contributed by atoms with Gasteiger partial charge in [-0.05, 0) is 12.8 Å². The maximum Gasteiger partial charge on any atom is 0.364 e. The van der Waals surface area contributed by atoms with Gasteiger partial charge in [-0.2, -0.15) is 0 Å². The number of ether oxygens (including phenoxy) is 6.